The van der Waals surface area contributed by atoms with Crippen molar-refractivity contribution in [3.8, 4) is 0 Å². The Morgan fingerprint density at radius 3 is 2.50 bits per heavy atom. The van der Waals surface area contributed by atoms with Gasteiger partial charge in [-0.3, -0.25) is 9.59 Å². The van der Waals surface area contributed by atoms with Crippen molar-refractivity contribution in [2.45, 2.75) is 45.0 Å². The van der Waals surface area contributed by atoms with Gasteiger partial charge in [0.2, 0.25) is 11.8 Å². The number of amides is 2. The average molecular weight is 523 g/mol. The number of aromatic amines is 1. The lowest BCUT2D eigenvalue weighted by atomic mass is 10.1. The lowest BCUT2D eigenvalue weighted by Gasteiger charge is -2.28. The van der Waals surface area contributed by atoms with E-state index in [2.05, 4.69) is 11.1 Å². The zero-order valence-electron chi connectivity index (χ0n) is 19.5. The molecule has 34 heavy (non-hydrogen) atoms. The van der Waals surface area contributed by atoms with Crippen LogP contribution in [0.5, 0.6) is 0 Å². The Kier molecular flexibility index (Phi) is 9.69. The van der Waals surface area contributed by atoms with Crippen LogP contribution >= 0.6 is 34.8 Å². The Bertz CT molecular complexity index is 1130. The van der Waals surface area contributed by atoms with Crippen LogP contribution in [0.2, 0.25) is 10.0 Å². The summed E-state index contributed by atoms with van der Waals surface area (Å²) < 4.78 is 0. The second-order valence-electron chi connectivity index (χ2n) is 8.40. The van der Waals surface area contributed by atoms with E-state index in [0.717, 1.165) is 34.9 Å². The molecule has 1 atom stereocenters. The van der Waals surface area contributed by atoms with Gasteiger partial charge in [-0.25, -0.2) is 0 Å². The van der Waals surface area contributed by atoms with E-state index >= 15 is 0 Å². The van der Waals surface area contributed by atoms with E-state index in [1.54, 1.807) is 28.9 Å². The maximum absolute atomic E-state index is 13.4. The minimum atomic E-state index is -0.681. The summed E-state index contributed by atoms with van der Waals surface area (Å²) in [6, 6.07) is 13.5. The van der Waals surface area contributed by atoms with Crippen molar-refractivity contribution in [2.24, 2.45) is 0 Å². The Hall–Kier alpha value is -2.21. The van der Waals surface area contributed by atoms with Gasteiger partial charge >= 0.3 is 0 Å². The maximum Gasteiger partial charge on any atom is 0.242 e. The van der Waals surface area contributed by atoms with Crippen molar-refractivity contribution in [1.82, 2.24) is 14.8 Å². The van der Waals surface area contributed by atoms with Gasteiger partial charge in [-0.15, -0.1) is 11.6 Å². The van der Waals surface area contributed by atoms with E-state index < -0.39 is 5.38 Å². The molecule has 0 bridgehead atoms. The summed E-state index contributed by atoms with van der Waals surface area (Å²) in [7, 11) is 0. The number of H-pyrrole nitrogens is 1. The van der Waals surface area contributed by atoms with Crippen LogP contribution in [0.3, 0.4) is 0 Å². The normalized spacial score (nSPS) is 12.0. The Morgan fingerprint density at radius 2 is 1.79 bits per heavy atom. The van der Waals surface area contributed by atoms with Crippen LogP contribution in [0.25, 0.3) is 10.9 Å². The maximum atomic E-state index is 13.4. The molecule has 0 aliphatic rings. The fraction of sp³-hybridized carbons (Fsp3) is 0.385. The van der Waals surface area contributed by atoms with Crippen LogP contribution in [-0.4, -0.2) is 51.6 Å². The van der Waals surface area contributed by atoms with Gasteiger partial charge in [0.25, 0.3) is 0 Å². The molecular weight excluding hydrogens is 493 g/mol. The van der Waals surface area contributed by atoms with Crippen LogP contribution in [0, 0.1) is 0 Å². The number of nitrogens with one attached hydrogen (secondary N) is 1. The lowest BCUT2D eigenvalue weighted by Crippen LogP contribution is -2.45. The fourth-order valence-corrected chi connectivity index (χ4v) is 4.33. The first-order chi connectivity index (χ1) is 16.3. The number of rotatable bonds is 11. The number of alkyl halides is 1. The first-order valence-corrected chi connectivity index (χ1v) is 12.7. The third-order valence-corrected chi connectivity index (χ3v) is 6.72. The molecule has 0 aliphatic heterocycles. The van der Waals surface area contributed by atoms with E-state index in [1.807, 2.05) is 37.4 Å². The predicted octanol–water partition coefficient (Wildman–Crippen LogP) is 6.30. The number of aromatic nitrogens is 1. The molecule has 5 nitrogen and oxygen atoms in total. The molecule has 8 heteroatoms. The molecule has 3 aromatic rings. The van der Waals surface area contributed by atoms with Gasteiger partial charge in [0.15, 0.2) is 0 Å². The van der Waals surface area contributed by atoms with E-state index in [0.29, 0.717) is 36.1 Å². The Balaban J connectivity index is 1.80. The molecule has 0 saturated carbocycles. The van der Waals surface area contributed by atoms with Gasteiger partial charge < -0.3 is 14.8 Å². The number of benzene rings is 2. The second kappa shape index (κ2) is 12.5. The SMILES string of the molecule is CCCCN(CC(=O)N(CCc1c[nH]c2ccccc12)Cc1ccc(Cl)c(Cl)c1)C(=O)C(C)Cl. The zero-order chi connectivity index (χ0) is 24.7. The number of nitrogens with zero attached hydrogens (tertiary/aromatic N) is 2. The molecule has 0 spiro atoms. The van der Waals surface area contributed by atoms with E-state index in [9.17, 15) is 9.59 Å². The quantitative estimate of drug-likeness (QED) is 0.300. The predicted molar refractivity (Wildman–Crippen MR) is 141 cm³/mol. The van der Waals surface area contributed by atoms with Crippen molar-refractivity contribution in [3.63, 3.8) is 0 Å². The summed E-state index contributed by atoms with van der Waals surface area (Å²) in [6.07, 6.45) is 4.39. The summed E-state index contributed by atoms with van der Waals surface area (Å²) in [6.45, 7) is 5.04. The molecule has 0 fully saturated rings. The average Bonchev–Trinajstić information content (AvgIpc) is 3.24. The van der Waals surface area contributed by atoms with Crippen LogP contribution < -0.4 is 0 Å². The summed E-state index contributed by atoms with van der Waals surface area (Å²) in [5.74, 6) is -0.359. The highest BCUT2D eigenvalue weighted by molar-refractivity contribution is 6.42. The van der Waals surface area contributed by atoms with Crippen molar-refractivity contribution >= 4 is 57.5 Å². The highest BCUT2D eigenvalue weighted by Crippen LogP contribution is 2.24. The first-order valence-electron chi connectivity index (χ1n) is 11.5. The Labute approximate surface area is 216 Å². The van der Waals surface area contributed by atoms with Crippen molar-refractivity contribution in [3.05, 3.63) is 69.8 Å². The van der Waals surface area contributed by atoms with E-state index in [4.69, 9.17) is 34.8 Å². The molecule has 0 saturated heterocycles. The van der Waals surface area contributed by atoms with Gasteiger partial charge in [-0.1, -0.05) is 60.8 Å². The third kappa shape index (κ3) is 6.91. The third-order valence-electron chi connectivity index (χ3n) is 5.80. The van der Waals surface area contributed by atoms with Crippen LogP contribution in [0.4, 0.5) is 0 Å². The van der Waals surface area contributed by atoms with Gasteiger partial charge in [0, 0.05) is 36.7 Å². The molecule has 182 valence electrons. The summed E-state index contributed by atoms with van der Waals surface area (Å²) in [4.78, 5) is 32.7. The van der Waals surface area contributed by atoms with Crippen LogP contribution in [0.1, 0.15) is 37.8 Å². The topological polar surface area (TPSA) is 56.4 Å². The minimum absolute atomic E-state index is 0.00883. The molecular formula is C26H30Cl3N3O2. The van der Waals surface area contributed by atoms with E-state index in [-0.39, 0.29) is 18.4 Å². The molecule has 0 radical (unpaired) electrons. The minimum Gasteiger partial charge on any atom is -0.361 e. The number of hydrogen-bond acceptors (Lipinski definition) is 2. The lowest BCUT2D eigenvalue weighted by molar-refractivity contribution is -0.140. The monoisotopic (exact) mass is 521 g/mol. The van der Waals surface area contributed by atoms with Crippen molar-refractivity contribution in [1.29, 1.82) is 0 Å². The number of carbonyl (C=O) groups excluding carboxylic acids is 2. The van der Waals surface area contributed by atoms with Crippen molar-refractivity contribution < 1.29 is 9.59 Å². The number of carbonyl (C=O) groups is 2. The molecule has 0 aliphatic carbocycles. The Morgan fingerprint density at radius 1 is 1.03 bits per heavy atom. The summed E-state index contributed by atoms with van der Waals surface area (Å²) in [5, 5.41) is 1.37. The molecule has 2 aromatic carbocycles. The summed E-state index contributed by atoms with van der Waals surface area (Å²) >= 11 is 18.3. The second-order valence-corrected chi connectivity index (χ2v) is 9.87. The first kappa shape index (κ1) is 26.4. The van der Waals surface area contributed by atoms with Gasteiger partial charge in [-0.05, 0) is 49.1 Å². The smallest absolute Gasteiger partial charge is 0.242 e. The summed E-state index contributed by atoms with van der Waals surface area (Å²) in [5.41, 5.74) is 3.07. The number of unbranched alkanes of at least 4 members (excludes halogenated alkanes) is 1. The molecule has 2 amide bonds. The van der Waals surface area contributed by atoms with Crippen molar-refractivity contribution in [2.75, 3.05) is 19.6 Å². The molecule has 1 unspecified atom stereocenters. The standard InChI is InChI=1S/C26H30Cl3N3O2/c1-3-4-12-32(26(34)18(2)27)17-25(33)31(16-19-9-10-22(28)23(29)14-19)13-11-20-15-30-24-8-6-5-7-21(20)24/h5-10,14-15,18,30H,3-4,11-13,16-17H2,1-2H3. The number of fused-ring (bicyclic) bond motifs is 1. The number of para-hydroxylation sites is 1. The molecule has 1 aromatic heterocycles. The fourth-order valence-electron chi connectivity index (χ4n) is 3.88. The number of hydrogen-bond donors (Lipinski definition) is 1. The molecule has 1 heterocycles. The van der Waals surface area contributed by atoms with E-state index in [1.165, 1.54) is 0 Å². The van der Waals surface area contributed by atoms with Crippen LogP contribution in [-0.2, 0) is 22.6 Å². The molecule has 1 N–H and O–H groups in total. The molecule has 3 rings (SSSR count). The van der Waals surface area contributed by atoms with Gasteiger partial charge in [-0.2, -0.15) is 0 Å². The highest BCUT2D eigenvalue weighted by Gasteiger charge is 2.24. The van der Waals surface area contributed by atoms with Gasteiger partial charge in [0.1, 0.15) is 5.38 Å². The number of halogens is 3. The van der Waals surface area contributed by atoms with Gasteiger partial charge in [0.05, 0.1) is 16.6 Å². The van der Waals surface area contributed by atoms with Crippen LogP contribution in [0.15, 0.2) is 48.7 Å². The highest BCUT2D eigenvalue weighted by atomic mass is 35.5. The largest absolute Gasteiger partial charge is 0.361 e. The zero-order valence-corrected chi connectivity index (χ0v) is 21.8.